The van der Waals surface area contributed by atoms with Crippen molar-refractivity contribution in [3.05, 3.63) is 79.2 Å². The van der Waals surface area contributed by atoms with Crippen LogP contribution >= 0.6 is 0 Å². The standard InChI is InChI=1S/C34H37N9O2/c1-21-11-25(5-6-29(21)45-26-7-9-42-30(13-26)35-19-37-42)39-33-31-28(8-10-43(31)38-20-36-33)41-17-23-12-27-24(18-41)15-34(27,14-23)32(44)22(2)16-40(3)4/h5-11,13,19-20,23-24,27H,2,12,14-18H2,1,3-4H3,(H,36,38,39). The van der Waals surface area contributed by atoms with Crippen LogP contribution in [0.15, 0.2) is 73.6 Å². The Labute approximate surface area is 261 Å². The first kappa shape index (κ1) is 27.8. The number of hydrogen-bond acceptors (Lipinski definition) is 9. The molecule has 2 saturated carbocycles. The Balaban J connectivity index is 1.02. The molecule has 2 aliphatic carbocycles. The Hall–Kier alpha value is -4.77. The van der Waals surface area contributed by atoms with Crippen LogP contribution in [-0.2, 0) is 4.79 Å². The van der Waals surface area contributed by atoms with E-state index in [1.807, 2.05) is 67.1 Å². The van der Waals surface area contributed by atoms with Gasteiger partial charge in [-0.2, -0.15) is 10.2 Å². The van der Waals surface area contributed by atoms with Crippen LogP contribution in [0, 0.1) is 30.1 Å². The molecule has 3 aliphatic rings. The van der Waals surface area contributed by atoms with E-state index in [2.05, 4.69) is 49.1 Å². The van der Waals surface area contributed by atoms with Gasteiger partial charge in [-0.05, 0) is 93.9 Å². The minimum Gasteiger partial charge on any atom is -0.457 e. The van der Waals surface area contributed by atoms with E-state index in [1.54, 1.807) is 10.8 Å². The number of aryl methyl sites for hydroxylation is 1. The van der Waals surface area contributed by atoms with Crippen molar-refractivity contribution in [3.8, 4) is 11.5 Å². The number of nitrogens with zero attached hydrogens (tertiary/aromatic N) is 8. The maximum atomic E-state index is 13.6. The molecule has 0 amide bonds. The highest BCUT2D eigenvalue weighted by Crippen LogP contribution is 2.65. The number of benzene rings is 1. The molecule has 8 rings (SSSR count). The van der Waals surface area contributed by atoms with E-state index in [1.165, 1.54) is 6.33 Å². The number of Topliss-reactive ketones (excluding diaryl/α,β-unsaturated/α-hetero) is 1. The second-order valence-electron chi connectivity index (χ2n) is 13.3. The fourth-order valence-corrected chi connectivity index (χ4v) is 8.27. The third-order valence-electron chi connectivity index (χ3n) is 10.1. The quantitative estimate of drug-likeness (QED) is 0.229. The summed E-state index contributed by atoms with van der Waals surface area (Å²) in [5, 5.41) is 12.2. The summed E-state index contributed by atoms with van der Waals surface area (Å²) in [6, 6.07) is 11.9. The summed E-state index contributed by atoms with van der Waals surface area (Å²) in [6.45, 7) is 8.72. The molecule has 0 spiro atoms. The third-order valence-corrected chi connectivity index (χ3v) is 10.1. The van der Waals surface area contributed by atoms with E-state index in [0.717, 1.165) is 77.6 Å². The van der Waals surface area contributed by atoms with Gasteiger partial charge in [-0.25, -0.2) is 19.0 Å². The summed E-state index contributed by atoms with van der Waals surface area (Å²) >= 11 is 0. The largest absolute Gasteiger partial charge is 0.457 e. The molecule has 3 fully saturated rings. The molecule has 5 aromatic rings. The Morgan fingerprint density at radius 1 is 1.07 bits per heavy atom. The molecule has 1 aromatic carbocycles. The predicted molar refractivity (Wildman–Crippen MR) is 172 cm³/mol. The second-order valence-corrected chi connectivity index (χ2v) is 13.3. The van der Waals surface area contributed by atoms with E-state index in [9.17, 15) is 4.79 Å². The van der Waals surface area contributed by atoms with Gasteiger partial charge < -0.3 is 19.9 Å². The van der Waals surface area contributed by atoms with E-state index in [0.29, 0.717) is 35.8 Å². The number of ketones is 1. The van der Waals surface area contributed by atoms with Gasteiger partial charge in [-0.1, -0.05) is 6.58 Å². The molecule has 11 heteroatoms. The molecule has 0 radical (unpaired) electrons. The van der Waals surface area contributed by atoms with E-state index in [-0.39, 0.29) is 5.41 Å². The number of anilines is 3. The van der Waals surface area contributed by atoms with Crippen LogP contribution in [0.4, 0.5) is 17.2 Å². The first-order valence-electron chi connectivity index (χ1n) is 15.6. The van der Waals surface area contributed by atoms with Gasteiger partial charge >= 0.3 is 0 Å². The Morgan fingerprint density at radius 2 is 1.89 bits per heavy atom. The second kappa shape index (κ2) is 10.4. The number of hydrogen-bond donors (Lipinski definition) is 1. The lowest BCUT2D eigenvalue weighted by Gasteiger charge is -2.53. The van der Waals surface area contributed by atoms with Crippen molar-refractivity contribution in [2.75, 3.05) is 43.9 Å². The maximum Gasteiger partial charge on any atom is 0.166 e. The molecule has 1 aliphatic heterocycles. The van der Waals surface area contributed by atoms with Gasteiger partial charge in [0.1, 0.15) is 29.7 Å². The van der Waals surface area contributed by atoms with E-state index >= 15 is 0 Å². The molecule has 1 N–H and O–H groups in total. The van der Waals surface area contributed by atoms with Crippen LogP contribution in [0.2, 0.25) is 0 Å². The molecular formula is C34H37N9O2. The summed E-state index contributed by atoms with van der Waals surface area (Å²) in [5.74, 6) is 3.96. The smallest absolute Gasteiger partial charge is 0.166 e. The normalized spacial score (nSPS) is 23.7. The highest BCUT2D eigenvalue weighted by atomic mass is 16.5. The van der Waals surface area contributed by atoms with Gasteiger partial charge in [0.2, 0.25) is 0 Å². The first-order valence-corrected chi connectivity index (χ1v) is 15.6. The average molecular weight is 604 g/mol. The zero-order chi connectivity index (χ0) is 30.9. The van der Waals surface area contributed by atoms with Gasteiger partial charge in [0, 0.05) is 54.8 Å². The monoisotopic (exact) mass is 603 g/mol. The van der Waals surface area contributed by atoms with Crippen LogP contribution in [-0.4, -0.2) is 73.6 Å². The summed E-state index contributed by atoms with van der Waals surface area (Å²) in [7, 11) is 4.00. The lowest BCUT2D eigenvalue weighted by Crippen LogP contribution is -2.55. The number of pyridine rings is 1. The van der Waals surface area contributed by atoms with Crippen LogP contribution in [0.5, 0.6) is 11.5 Å². The van der Waals surface area contributed by atoms with Gasteiger partial charge in [0.25, 0.3) is 0 Å². The number of ether oxygens (including phenoxy) is 1. The molecule has 2 bridgehead atoms. The number of likely N-dealkylation sites (N-methyl/N-ethyl adjacent to an activating group) is 1. The Morgan fingerprint density at radius 3 is 2.73 bits per heavy atom. The summed E-state index contributed by atoms with van der Waals surface area (Å²) in [4.78, 5) is 27.1. The molecule has 230 valence electrons. The van der Waals surface area contributed by atoms with Crippen molar-refractivity contribution >= 4 is 34.1 Å². The van der Waals surface area contributed by atoms with Crippen molar-refractivity contribution in [1.29, 1.82) is 0 Å². The Kier molecular flexibility index (Phi) is 6.42. The van der Waals surface area contributed by atoms with E-state index in [4.69, 9.17) is 4.74 Å². The topological polar surface area (TPSA) is 105 Å². The number of nitrogens with one attached hydrogen (secondary N) is 1. The number of rotatable bonds is 9. The van der Waals surface area contributed by atoms with Crippen molar-refractivity contribution in [3.63, 3.8) is 0 Å². The number of carbonyl (C=O) groups excluding carboxylic acids is 1. The minimum atomic E-state index is -0.190. The summed E-state index contributed by atoms with van der Waals surface area (Å²) < 4.78 is 9.78. The fourth-order valence-electron chi connectivity index (χ4n) is 8.27. The lowest BCUT2D eigenvalue weighted by molar-refractivity contribution is -0.139. The summed E-state index contributed by atoms with van der Waals surface area (Å²) in [6.07, 6.45) is 9.99. The molecule has 4 atom stereocenters. The molecule has 4 unspecified atom stereocenters. The first-order chi connectivity index (χ1) is 21.8. The molecule has 1 saturated heterocycles. The zero-order valence-electron chi connectivity index (χ0n) is 25.8. The Bertz CT molecular complexity index is 1960. The lowest BCUT2D eigenvalue weighted by atomic mass is 9.52. The van der Waals surface area contributed by atoms with Gasteiger partial charge in [0.15, 0.2) is 17.2 Å². The van der Waals surface area contributed by atoms with Gasteiger partial charge in [0.05, 0.1) is 5.69 Å². The highest BCUT2D eigenvalue weighted by molar-refractivity contribution is 6.01. The van der Waals surface area contributed by atoms with Crippen LogP contribution in [0.1, 0.15) is 24.8 Å². The van der Waals surface area contributed by atoms with Crippen LogP contribution in [0.3, 0.4) is 0 Å². The number of fused-ring (bicyclic) bond motifs is 3. The maximum absolute atomic E-state index is 13.6. The molecule has 11 nitrogen and oxygen atoms in total. The van der Waals surface area contributed by atoms with Crippen molar-refractivity contribution in [2.24, 2.45) is 23.2 Å². The van der Waals surface area contributed by atoms with E-state index < -0.39 is 0 Å². The predicted octanol–water partition coefficient (Wildman–Crippen LogP) is 5.16. The van der Waals surface area contributed by atoms with Crippen molar-refractivity contribution in [1.82, 2.24) is 34.1 Å². The van der Waals surface area contributed by atoms with Crippen molar-refractivity contribution < 1.29 is 9.53 Å². The average Bonchev–Trinajstić information content (AvgIpc) is 3.69. The summed E-state index contributed by atoms with van der Waals surface area (Å²) in [5.41, 5.74) is 5.29. The SMILES string of the molecule is C=C(CN(C)C)C(=O)C12CC3CC1C(CN(c1ccn4ncnc(Nc5ccc(Oc6ccn7ncnc7c6)c(C)c5)c14)C3)C2. The number of aromatic nitrogens is 6. The zero-order valence-corrected chi connectivity index (χ0v) is 25.8. The fraction of sp³-hybridized carbons (Fsp3) is 0.382. The van der Waals surface area contributed by atoms with Gasteiger partial charge in [-0.3, -0.25) is 4.79 Å². The van der Waals surface area contributed by atoms with Crippen molar-refractivity contribution in [2.45, 2.75) is 26.2 Å². The highest BCUT2D eigenvalue weighted by Gasteiger charge is 2.64. The molecule has 4 aromatic heterocycles. The molecule has 45 heavy (non-hydrogen) atoms. The number of carbonyl (C=O) groups is 1. The van der Waals surface area contributed by atoms with Crippen LogP contribution < -0.4 is 15.0 Å². The molecular weight excluding hydrogens is 566 g/mol. The third kappa shape index (κ3) is 4.64. The molecule has 5 heterocycles. The minimum absolute atomic E-state index is 0.190. The van der Waals surface area contributed by atoms with Crippen LogP contribution in [0.25, 0.3) is 11.2 Å². The van der Waals surface area contributed by atoms with Gasteiger partial charge in [-0.15, -0.1) is 0 Å².